The molecule has 0 atom stereocenters. The SMILES string of the molecule is O=C(Nc1cccc2ccncc12)c1cccc(=O)[nH]1. The van der Waals surface area contributed by atoms with Gasteiger partial charge in [-0.2, -0.15) is 0 Å². The van der Waals surface area contributed by atoms with Crippen LogP contribution in [0.4, 0.5) is 5.69 Å². The number of hydrogen-bond acceptors (Lipinski definition) is 3. The Balaban J connectivity index is 1.97. The fourth-order valence-corrected chi connectivity index (χ4v) is 1.99. The van der Waals surface area contributed by atoms with E-state index in [9.17, 15) is 9.59 Å². The van der Waals surface area contributed by atoms with Crippen molar-refractivity contribution in [1.82, 2.24) is 9.97 Å². The van der Waals surface area contributed by atoms with E-state index in [1.54, 1.807) is 30.6 Å². The predicted octanol–water partition coefficient (Wildman–Crippen LogP) is 2.18. The number of nitrogens with zero attached hydrogens (tertiary/aromatic N) is 1. The van der Waals surface area contributed by atoms with Crippen LogP contribution in [-0.4, -0.2) is 15.9 Å². The topological polar surface area (TPSA) is 74.8 Å². The molecule has 5 nitrogen and oxygen atoms in total. The lowest BCUT2D eigenvalue weighted by molar-refractivity contribution is 0.102. The lowest BCUT2D eigenvalue weighted by Crippen LogP contribution is -2.18. The van der Waals surface area contributed by atoms with Gasteiger partial charge in [0.2, 0.25) is 5.56 Å². The highest BCUT2D eigenvalue weighted by molar-refractivity contribution is 6.07. The summed E-state index contributed by atoms with van der Waals surface area (Å²) in [5, 5.41) is 4.61. The maximum absolute atomic E-state index is 12.1. The molecule has 3 rings (SSSR count). The fourth-order valence-electron chi connectivity index (χ4n) is 1.99. The van der Waals surface area contributed by atoms with Crippen LogP contribution in [0.2, 0.25) is 0 Å². The standard InChI is InChI=1S/C15H11N3O2/c19-14-6-2-5-13(17-14)15(20)18-12-4-1-3-10-7-8-16-9-11(10)12/h1-9H,(H,17,19)(H,18,20). The van der Waals surface area contributed by atoms with Crippen molar-refractivity contribution in [1.29, 1.82) is 0 Å². The number of aromatic nitrogens is 2. The molecule has 1 aromatic carbocycles. The average Bonchev–Trinajstić information content (AvgIpc) is 2.47. The van der Waals surface area contributed by atoms with Gasteiger partial charge in [-0.25, -0.2) is 0 Å². The highest BCUT2D eigenvalue weighted by Gasteiger charge is 2.08. The third kappa shape index (κ3) is 2.29. The quantitative estimate of drug-likeness (QED) is 0.745. The summed E-state index contributed by atoms with van der Waals surface area (Å²) in [7, 11) is 0. The molecule has 0 radical (unpaired) electrons. The van der Waals surface area contributed by atoms with Gasteiger partial charge in [-0.15, -0.1) is 0 Å². The monoisotopic (exact) mass is 265 g/mol. The van der Waals surface area contributed by atoms with Gasteiger partial charge in [-0.1, -0.05) is 18.2 Å². The van der Waals surface area contributed by atoms with Crippen LogP contribution in [0.5, 0.6) is 0 Å². The number of carbonyl (C=O) groups excluding carboxylic acids is 1. The Kier molecular flexibility index (Phi) is 3.01. The second kappa shape index (κ2) is 4.97. The van der Waals surface area contributed by atoms with Crippen LogP contribution >= 0.6 is 0 Å². The smallest absolute Gasteiger partial charge is 0.272 e. The molecule has 0 fully saturated rings. The molecule has 98 valence electrons. The van der Waals surface area contributed by atoms with E-state index in [0.29, 0.717) is 5.69 Å². The minimum absolute atomic E-state index is 0.221. The summed E-state index contributed by atoms with van der Waals surface area (Å²) in [4.78, 5) is 29.9. The summed E-state index contributed by atoms with van der Waals surface area (Å²) >= 11 is 0. The normalized spacial score (nSPS) is 10.4. The molecule has 2 heterocycles. The van der Waals surface area contributed by atoms with Crippen LogP contribution in [0, 0.1) is 0 Å². The van der Waals surface area contributed by atoms with E-state index in [2.05, 4.69) is 15.3 Å². The van der Waals surface area contributed by atoms with Crippen LogP contribution in [0.25, 0.3) is 10.8 Å². The first-order valence-corrected chi connectivity index (χ1v) is 6.07. The summed E-state index contributed by atoms with van der Waals surface area (Å²) in [5.41, 5.74) is 0.570. The van der Waals surface area contributed by atoms with E-state index in [1.165, 1.54) is 6.07 Å². The first kappa shape index (κ1) is 12.1. The molecule has 0 spiro atoms. The first-order valence-electron chi connectivity index (χ1n) is 6.07. The Labute approximate surface area is 114 Å². The molecule has 0 saturated heterocycles. The highest BCUT2D eigenvalue weighted by atomic mass is 16.2. The Morgan fingerprint density at radius 1 is 1.10 bits per heavy atom. The number of H-pyrrole nitrogens is 1. The van der Waals surface area contributed by atoms with Gasteiger partial charge >= 0.3 is 0 Å². The fraction of sp³-hybridized carbons (Fsp3) is 0. The number of rotatable bonds is 2. The van der Waals surface area contributed by atoms with E-state index in [1.807, 2.05) is 18.2 Å². The zero-order valence-corrected chi connectivity index (χ0v) is 10.5. The van der Waals surface area contributed by atoms with E-state index in [0.717, 1.165) is 10.8 Å². The second-order valence-corrected chi connectivity index (χ2v) is 4.29. The van der Waals surface area contributed by atoms with Crippen molar-refractivity contribution in [2.75, 3.05) is 5.32 Å². The molecule has 0 aliphatic heterocycles. The summed E-state index contributed by atoms with van der Waals surface area (Å²) in [6.07, 6.45) is 3.39. The molecule has 0 aliphatic carbocycles. The van der Waals surface area contributed by atoms with Gasteiger partial charge in [0.15, 0.2) is 0 Å². The summed E-state index contributed by atoms with van der Waals surface area (Å²) in [6.45, 7) is 0. The van der Waals surface area contributed by atoms with Crippen molar-refractivity contribution in [3.8, 4) is 0 Å². The number of pyridine rings is 2. The second-order valence-electron chi connectivity index (χ2n) is 4.29. The van der Waals surface area contributed by atoms with Gasteiger partial charge in [0.05, 0.1) is 5.69 Å². The number of amides is 1. The molecule has 0 bridgehead atoms. The van der Waals surface area contributed by atoms with Crippen molar-refractivity contribution < 1.29 is 4.79 Å². The highest BCUT2D eigenvalue weighted by Crippen LogP contribution is 2.22. The van der Waals surface area contributed by atoms with Crippen LogP contribution in [-0.2, 0) is 0 Å². The Hall–Kier alpha value is -2.95. The van der Waals surface area contributed by atoms with Crippen molar-refractivity contribution in [3.63, 3.8) is 0 Å². The summed E-state index contributed by atoms with van der Waals surface area (Å²) in [5.74, 6) is -0.362. The molecule has 2 aromatic heterocycles. The third-order valence-corrected chi connectivity index (χ3v) is 2.94. The number of aromatic amines is 1. The van der Waals surface area contributed by atoms with Gasteiger partial charge in [0.1, 0.15) is 5.69 Å². The molecule has 0 unspecified atom stereocenters. The molecule has 2 N–H and O–H groups in total. The van der Waals surface area contributed by atoms with E-state index >= 15 is 0 Å². The molecule has 0 saturated carbocycles. The van der Waals surface area contributed by atoms with Gasteiger partial charge in [-0.3, -0.25) is 14.6 Å². The number of carbonyl (C=O) groups is 1. The average molecular weight is 265 g/mol. The third-order valence-electron chi connectivity index (χ3n) is 2.94. The van der Waals surface area contributed by atoms with Gasteiger partial charge in [-0.05, 0) is 23.6 Å². The Morgan fingerprint density at radius 2 is 1.95 bits per heavy atom. The van der Waals surface area contributed by atoms with Gasteiger partial charge in [0, 0.05) is 23.8 Å². The van der Waals surface area contributed by atoms with Crippen LogP contribution in [0.1, 0.15) is 10.5 Å². The van der Waals surface area contributed by atoms with Crippen molar-refractivity contribution in [2.24, 2.45) is 0 Å². The Bertz CT molecular complexity index is 834. The molecule has 3 aromatic rings. The van der Waals surface area contributed by atoms with Crippen LogP contribution in [0.15, 0.2) is 59.7 Å². The van der Waals surface area contributed by atoms with Gasteiger partial charge in [0.25, 0.3) is 5.91 Å². The van der Waals surface area contributed by atoms with Gasteiger partial charge < -0.3 is 10.3 Å². The molecule has 1 amide bonds. The summed E-state index contributed by atoms with van der Waals surface area (Å²) < 4.78 is 0. The summed E-state index contributed by atoms with van der Waals surface area (Å²) in [6, 6.07) is 11.9. The molecular formula is C15H11N3O2. The maximum Gasteiger partial charge on any atom is 0.272 e. The zero-order valence-electron chi connectivity index (χ0n) is 10.5. The minimum Gasteiger partial charge on any atom is -0.320 e. The number of anilines is 1. The molecular weight excluding hydrogens is 254 g/mol. The van der Waals surface area contributed by atoms with Crippen molar-refractivity contribution in [2.45, 2.75) is 0 Å². The number of fused-ring (bicyclic) bond motifs is 1. The molecule has 5 heteroatoms. The molecule has 20 heavy (non-hydrogen) atoms. The van der Waals surface area contributed by atoms with E-state index in [-0.39, 0.29) is 17.2 Å². The van der Waals surface area contributed by atoms with E-state index in [4.69, 9.17) is 0 Å². The van der Waals surface area contributed by atoms with Crippen LogP contribution < -0.4 is 10.9 Å². The van der Waals surface area contributed by atoms with Crippen LogP contribution in [0.3, 0.4) is 0 Å². The lowest BCUT2D eigenvalue weighted by atomic mass is 10.1. The van der Waals surface area contributed by atoms with Crippen molar-refractivity contribution >= 4 is 22.4 Å². The molecule has 0 aliphatic rings. The van der Waals surface area contributed by atoms with E-state index < -0.39 is 0 Å². The Morgan fingerprint density at radius 3 is 2.80 bits per heavy atom. The predicted molar refractivity (Wildman–Crippen MR) is 76.8 cm³/mol. The first-order chi connectivity index (χ1) is 9.74. The maximum atomic E-state index is 12.1. The zero-order chi connectivity index (χ0) is 13.9. The minimum atomic E-state index is -0.362. The lowest BCUT2D eigenvalue weighted by Gasteiger charge is -2.08. The van der Waals surface area contributed by atoms with Crippen molar-refractivity contribution in [3.05, 3.63) is 70.9 Å². The largest absolute Gasteiger partial charge is 0.320 e. The number of benzene rings is 1. The number of nitrogens with one attached hydrogen (secondary N) is 2. The number of hydrogen-bond donors (Lipinski definition) is 2.